The number of hydrogen-bond donors (Lipinski definition) is 1. The summed E-state index contributed by atoms with van der Waals surface area (Å²) >= 11 is 5.55. The van der Waals surface area contributed by atoms with Gasteiger partial charge in [0.2, 0.25) is 0 Å². The molecule has 0 radical (unpaired) electrons. The molecule has 114 valence electrons. The Bertz CT molecular complexity index is 552. The lowest BCUT2D eigenvalue weighted by atomic mass is 10.2. The van der Waals surface area contributed by atoms with Gasteiger partial charge >= 0.3 is 0 Å². The second kappa shape index (κ2) is 7.97. The van der Waals surface area contributed by atoms with Crippen molar-refractivity contribution in [3.05, 3.63) is 50.6 Å². The summed E-state index contributed by atoms with van der Waals surface area (Å²) < 4.78 is 1.17. The Kier molecular flexibility index (Phi) is 6.27. The van der Waals surface area contributed by atoms with E-state index in [0.717, 1.165) is 19.6 Å². The van der Waals surface area contributed by atoms with Crippen LogP contribution in [0.5, 0.6) is 0 Å². The van der Waals surface area contributed by atoms with Gasteiger partial charge in [0.15, 0.2) is 0 Å². The number of anilines is 1. The van der Waals surface area contributed by atoms with E-state index in [4.69, 9.17) is 0 Å². The normalized spacial score (nSPS) is 11.1. The van der Waals surface area contributed by atoms with E-state index in [9.17, 15) is 0 Å². The largest absolute Gasteiger partial charge is 0.366 e. The van der Waals surface area contributed by atoms with Crippen molar-refractivity contribution in [2.75, 3.05) is 11.4 Å². The molecule has 2 aromatic rings. The Morgan fingerprint density at radius 3 is 2.67 bits per heavy atom. The van der Waals surface area contributed by atoms with Crippen LogP contribution in [-0.2, 0) is 13.1 Å². The Morgan fingerprint density at radius 1 is 1.29 bits per heavy atom. The summed E-state index contributed by atoms with van der Waals surface area (Å²) in [5.74, 6) is 0. The van der Waals surface area contributed by atoms with Crippen molar-refractivity contribution in [3.8, 4) is 0 Å². The molecule has 2 rings (SSSR count). The third kappa shape index (κ3) is 4.83. The third-order valence-electron chi connectivity index (χ3n) is 3.38. The number of benzene rings is 1. The maximum atomic E-state index is 3.73. The minimum Gasteiger partial charge on any atom is -0.366 e. The fourth-order valence-corrected chi connectivity index (χ4v) is 3.59. The smallest absolute Gasteiger partial charge is 0.0523 e. The van der Waals surface area contributed by atoms with Gasteiger partial charge in [-0.1, -0.05) is 26.0 Å². The van der Waals surface area contributed by atoms with E-state index in [1.54, 1.807) is 0 Å². The van der Waals surface area contributed by atoms with E-state index in [2.05, 4.69) is 82.6 Å². The molecule has 0 saturated heterocycles. The van der Waals surface area contributed by atoms with Crippen molar-refractivity contribution >= 4 is 33.0 Å². The highest BCUT2D eigenvalue weighted by atomic mass is 79.9. The lowest BCUT2D eigenvalue weighted by Gasteiger charge is -2.24. The molecule has 0 aliphatic heterocycles. The molecule has 0 aliphatic rings. The van der Waals surface area contributed by atoms with Crippen molar-refractivity contribution in [1.82, 2.24) is 5.32 Å². The zero-order valence-corrected chi connectivity index (χ0v) is 15.3. The lowest BCUT2D eigenvalue weighted by Crippen LogP contribution is -2.23. The van der Waals surface area contributed by atoms with Gasteiger partial charge in [-0.25, -0.2) is 0 Å². The Labute approximate surface area is 140 Å². The van der Waals surface area contributed by atoms with Gasteiger partial charge in [0.1, 0.15) is 0 Å². The van der Waals surface area contributed by atoms with E-state index in [0.29, 0.717) is 6.04 Å². The molecule has 4 heteroatoms. The van der Waals surface area contributed by atoms with Crippen LogP contribution in [0.15, 0.2) is 40.2 Å². The van der Waals surface area contributed by atoms with Crippen LogP contribution in [0.25, 0.3) is 0 Å². The van der Waals surface area contributed by atoms with Crippen molar-refractivity contribution in [2.45, 2.75) is 39.9 Å². The van der Waals surface area contributed by atoms with E-state index >= 15 is 0 Å². The van der Waals surface area contributed by atoms with Crippen LogP contribution >= 0.6 is 27.3 Å². The van der Waals surface area contributed by atoms with Crippen molar-refractivity contribution < 1.29 is 0 Å². The van der Waals surface area contributed by atoms with Crippen LogP contribution in [-0.4, -0.2) is 12.6 Å². The van der Waals surface area contributed by atoms with Crippen LogP contribution in [0.1, 0.15) is 31.2 Å². The monoisotopic (exact) mass is 366 g/mol. The van der Waals surface area contributed by atoms with Gasteiger partial charge in [0.05, 0.1) is 12.2 Å². The molecule has 0 saturated carbocycles. The Hall–Kier alpha value is -0.840. The first-order valence-electron chi connectivity index (χ1n) is 7.39. The van der Waals surface area contributed by atoms with Crippen molar-refractivity contribution in [1.29, 1.82) is 0 Å². The molecule has 0 fully saturated rings. The Morgan fingerprint density at radius 2 is 2.10 bits per heavy atom. The van der Waals surface area contributed by atoms with Crippen LogP contribution in [0.4, 0.5) is 5.69 Å². The topological polar surface area (TPSA) is 15.3 Å². The quantitative estimate of drug-likeness (QED) is 0.738. The zero-order valence-electron chi connectivity index (χ0n) is 12.9. The first-order chi connectivity index (χ1) is 10.1. The summed E-state index contributed by atoms with van der Waals surface area (Å²) in [5, 5.41) is 5.59. The average Bonchev–Trinajstić information content (AvgIpc) is 2.96. The summed E-state index contributed by atoms with van der Waals surface area (Å²) in [5.41, 5.74) is 2.57. The molecular weight excluding hydrogens is 344 g/mol. The summed E-state index contributed by atoms with van der Waals surface area (Å²) in [6, 6.07) is 11.5. The van der Waals surface area contributed by atoms with Gasteiger partial charge < -0.3 is 10.2 Å². The van der Waals surface area contributed by atoms with E-state index < -0.39 is 0 Å². The number of rotatable bonds is 7. The molecule has 0 spiro atoms. The molecule has 0 aliphatic carbocycles. The number of halogens is 1. The predicted octanol–water partition coefficient (Wildman–Crippen LogP) is 5.04. The Balaban J connectivity index is 2.10. The molecule has 0 atom stereocenters. The number of thiophene rings is 1. The number of hydrogen-bond acceptors (Lipinski definition) is 3. The summed E-state index contributed by atoms with van der Waals surface area (Å²) in [6.07, 6.45) is 0. The average molecular weight is 367 g/mol. The minimum atomic E-state index is 0.509. The van der Waals surface area contributed by atoms with Crippen LogP contribution in [0, 0.1) is 0 Å². The molecule has 0 amide bonds. The lowest BCUT2D eigenvalue weighted by molar-refractivity contribution is 0.588. The first kappa shape index (κ1) is 16.5. The van der Waals surface area contributed by atoms with E-state index in [-0.39, 0.29) is 0 Å². The molecular formula is C17H23BrN2S. The molecule has 21 heavy (non-hydrogen) atoms. The van der Waals surface area contributed by atoms with E-state index in [1.165, 1.54) is 20.6 Å². The summed E-state index contributed by atoms with van der Waals surface area (Å²) in [4.78, 5) is 3.80. The third-order valence-corrected chi connectivity index (χ3v) is 4.87. The molecule has 1 N–H and O–H groups in total. The minimum absolute atomic E-state index is 0.509. The highest BCUT2D eigenvalue weighted by molar-refractivity contribution is 9.10. The summed E-state index contributed by atoms with van der Waals surface area (Å²) in [6.45, 7) is 9.42. The fraction of sp³-hybridized carbons (Fsp3) is 0.412. The van der Waals surface area contributed by atoms with Gasteiger partial charge in [-0.3, -0.25) is 0 Å². The molecule has 1 aromatic carbocycles. The molecule has 1 heterocycles. The second-order valence-corrected chi connectivity index (χ2v) is 7.30. The van der Waals surface area contributed by atoms with Gasteiger partial charge in [0, 0.05) is 28.5 Å². The maximum absolute atomic E-state index is 3.73. The number of nitrogens with one attached hydrogen (secondary N) is 1. The fourth-order valence-electron chi connectivity index (χ4n) is 2.20. The second-order valence-electron chi connectivity index (χ2n) is 5.41. The highest BCUT2D eigenvalue weighted by Crippen LogP contribution is 2.29. The maximum Gasteiger partial charge on any atom is 0.0523 e. The number of nitrogens with zero attached hydrogens (tertiary/aromatic N) is 1. The van der Waals surface area contributed by atoms with Crippen LogP contribution in [0.2, 0.25) is 0 Å². The van der Waals surface area contributed by atoms with Gasteiger partial charge in [-0.2, -0.15) is 0 Å². The predicted molar refractivity (Wildman–Crippen MR) is 97.2 cm³/mol. The van der Waals surface area contributed by atoms with Crippen LogP contribution in [0.3, 0.4) is 0 Å². The van der Waals surface area contributed by atoms with Crippen molar-refractivity contribution in [3.63, 3.8) is 0 Å². The zero-order chi connectivity index (χ0) is 15.2. The highest BCUT2D eigenvalue weighted by Gasteiger charge is 2.10. The standard InChI is InChI=1S/C17H23BrN2S/c1-4-20(12-15-6-5-9-21-15)17-8-7-14(10-16(17)18)11-19-13(2)3/h5-10,13,19H,4,11-12H2,1-3H3. The van der Waals surface area contributed by atoms with Crippen molar-refractivity contribution in [2.24, 2.45) is 0 Å². The van der Waals surface area contributed by atoms with Crippen LogP contribution < -0.4 is 10.2 Å². The van der Waals surface area contributed by atoms with Gasteiger partial charge in [-0.15, -0.1) is 11.3 Å². The van der Waals surface area contributed by atoms with E-state index in [1.807, 2.05) is 11.3 Å². The SMILES string of the molecule is CCN(Cc1cccs1)c1ccc(CNC(C)C)cc1Br. The van der Waals surface area contributed by atoms with Gasteiger partial charge in [-0.05, 0) is 52.0 Å². The molecule has 2 nitrogen and oxygen atoms in total. The molecule has 1 aromatic heterocycles. The van der Waals surface area contributed by atoms with Gasteiger partial charge in [0.25, 0.3) is 0 Å². The molecule has 0 bridgehead atoms. The molecule has 0 unspecified atom stereocenters. The summed E-state index contributed by atoms with van der Waals surface area (Å²) in [7, 11) is 0. The first-order valence-corrected chi connectivity index (χ1v) is 9.06.